The van der Waals surface area contributed by atoms with E-state index in [9.17, 15) is 9.59 Å². The van der Waals surface area contributed by atoms with Gasteiger partial charge in [0.05, 0.1) is 6.42 Å². The highest BCUT2D eigenvalue weighted by atomic mass is 16.6. The van der Waals surface area contributed by atoms with Crippen LogP contribution in [0.3, 0.4) is 0 Å². The highest BCUT2D eigenvalue weighted by molar-refractivity contribution is 6.04. The molecule has 2 aromatic rings. The van der Waals surface area contributed by atoms with Crippen molar-refractivity contribution in [1.82, 2.24) is 0 Å². The van der Waals surface area contributed by atoms with Gasteiger partial charge >= 0.3 is 5.97 Å². The summed E-state index contributed by atoms with van der Waals surface area (Å²) in [6, 6.07) is 14.9. The van der Waals surface area contributed by atoms with E-state index in [1.54, 1.807) is 18.2 Å². The van der Waals surface area contributed by atoms with Gasteiger partial charge in [-0.1, -0.05) is 38.1 Å². The zero-order valence-corrected chi connectivity index (χ0v) is 16.1. The summed E-state index contributed by atoms with van der Waals surface area (Å²) in [6.07, 6.45) is 0.140. The van der Waals surface area contributed by atoms with Crippen LogP contribution in [0.4, 0.5) is 5.69 Å². The minimum Gasteiger partial charge on any atom is -0.460 e. The van der Waals surface area contributed by atoms with Gasteiger partial charge in [-0.15, -0.1) is 0 Å². The van der Waals surface area contributed by atoms with Crippen LogP contribution in [0, 0.1) is 0 Å². The second-order valence-corrected chi connectivity index (χ2v) is 7.70. The average Bonchev–Trinajstić information content (AvgIpc) is 2.53. The van der Waals surface area contributed by atoms with Crippen LogP contribution in [0.25, 0.3) is 0 Å². The van der Waals surface area contributed by atoms with Crippen molar-refractivity contribution in [2.24, 2.45) is 0 Å². The number of esters is 1. The van der Waals surface area contributed by atoms with Crippen LogP contribution >= 0.6 is 0 Å². The topological polar surface area (TPSA) is 55.4 Å². The normalized spacial score (nSPS) is 11.3. The minimum atomic E-state index is -0.520. The molecule has 0 atom stereocenters. The van der Waals surface area contributed by atoms with E-state index in [-0.39, 0.29) is 18.3 Å². The van der Waals surface area contributed by atoms with Crippen LogP contribution in [0.2, 0.25) is 0 Å². The first-order valence-corrected chi connectivity index (χ1v) is 8.86. The lowest BCUT2D eigenvalue weighted by atomic mass is 10.0. The lowest BCUT2D eigenvalue weighted by Crippen LogP contribution is -2.25. The number of amides is 1. The van der Waals surface area contributed by atoms with Crippen molar-refractivity contribution >= 4 is 17.6 Å². The molecule has 0 spiro atoms. The third-order valence-corrected chi connectivity index (χ3v) is 3.77. The Morgan fingerprint density at radius 1 is 1.04 bits per heavy atom. The molecule has 1 N–H and O–H groups in total. The SMILES string of the molecule is CC(C)c1cccc(NC(=O)c2cccc(CC(=O)OC(C)(C)C)c2)c1. The summed E-state index contributed by atoms with van der Waals surface area (Å²) in [7, 11) is 0. The molecule has 2 rings (SSSR count). The van der Waals surface area contributed by atoms with Crippen LogP contribution in [0.1, 0.15) is 62.0 Å². The van der Waals surface area contributed by atoms with Gasteiger partial charge in [0, 0.05) is 11.3 Å². The molecule has 0 fully saturated rings. The molecular formula is C22H27NO3. The van der Waals surface area contributed by atoms with Crippen LogP contribution in [0.15, 0.2) is 48.5 Å². The van der Waals surface area contributed by atoms with Gasteiger partial charge in [0.2, 0.25) is 0 Å². The second kappa shape index (κ2) is 8.17. The van der Waals surface area contributed by atoms with Crippen molar-refractivity contribution in [3.05, 3.63) is 65.2 Å². The Labute approximate surface area is 155 Å². The Kier molecular flexibility index (Phi) is 6.19. The molecule has 0 aromatic heterocycles. The van der Waals surface area contributed by atoms with E-state index in [1.807, 2.05) is 51.1 Å². The number of benzene rings is 2. The molecule has 0 aliphatic heterocycles. The van der Waals surface area contributed by atoms with E-state index in [1.165, 1.54) is 5.56 Å². The zero-order valence-electron chi connectivity index (χ0n) is 16.1. The summed E-state index contributed by atoms with van der Waals surface area (Å²) in [5, 5.41) is 2.92. The van der Waals surface area contributed by atoms with Gasteiger partial charge in [-0.25, -0.2) is 0 Å². The van der Waals surface area contributed by atoms with Crippen molar-refractivity contribution in [2.45, 2.75) is 52.6 Å². The fourth-order valence-electron chi connectivity index (χ4n) is 2.55. The molecule has 0 saturated carbocycles. The number of ether oxygens (including phenoxy) is 1. The largest absolute Gasteiger partial charge is 0.460 e. The monoisotopic (exact) mass is 353 g/mol. The zero-order chi connectivity index (χ0) is 19.3. The van der Waals surface area contributed by atoms with E-state index in [4.69, 9.17) is 4.74 Å². The summed E-state index contributed by atoms with van der Waals surface area (Å²) >= 11 is 0. The van der Waals surface area contributed by atoms with Crippen molar-refractivity contribution in [3.63, 3.8) is 0 Å². The number of hydrogen-bond acceptors (Lipinski definition) is 3. The summed E-state index contributed by atoms with van der Waals surface area (Å²) in [4.78, 5) is 24.5. The van der Waals surface area contributed by atoms with Crippen LogP contribution in [-0.2, 0) is 16.0 Å². The molecule has 0 saturated heterocycles. The lowest BCUT2D eigenvalue weighted by molar-refractivity contribution is -0.153. The Bertz CT molecular complexity index is 788. The van der Waals surface area contributed by atoms with Gasteiger partial charge in [0.25, 0.3) is 5.91 Å². The van der Waals surface area contributed by atoms with E-state index in [0.29, 0.717) is 11.5 Å². The third kappa shape index (κ3) is 6.03. The number of carbonyl (C=O) groups is 2. The molecule has 0 aliphatic carbocycles. The maximum Gasteiger partial charge on any atom is 0.310 e. The predicted molar refractivity (Wildman–Crippen MR) is 104 cm³/mol. The molecule has 4 nitrogen and oxygen atoms in total. The smallest absolute Gasteiger partial charge is 0.310 e. The molecule has 138 valence electrons. The first-order chi connectivity index (χ1) is 12.1. The van der Waals surface area contributed by atoms with E-state index in [0.717, 1.165) is 11.3 Å². The predicted octanol–water partition coefficient (Wildman–Crippen LogP) is 4.95. The minimum absolute atomic E-state index is 0.140. The maximum atomic E-state index is 12.5. The quantitative estimate of drug-likeness (QED) is 0.774. The van der Waals surface area contributed by atoms with Gasteiger partial charge < -0.3 is 10.1 Å². The van der Waals surface area contributed by atoms with Crippen LogP contribution in [-0.4, -0.2) is 17.5 Å². The molecule has 4 heteroatoms. The van der Waals surface area contributed by atoms with Crippen molar-refractivity contribution < 1.29 is 14.3 Å². The number of rotatable bonds is 5. The van der Waals surface area contributed by atoms with Gasteiger partial charge in [-0.05, 0) is 62.1 Å². The Balaban J connectivity index is 2.08. The molecule has 0 unspecified atom stereocenters. The Morgan fingerprint density at radius 2 is 1.73 bits per heavy atom. The molecule has 0 heterocycles. The highest BCUT2D eigenvalue weighted by Gasteiger charge is 2.17. The van der Waals surface area contributed by atoms with Crippen LogP contribution < -0.4 is 5.32 Å². The fraction of sp³-hybridized carbons (Fsp3) is 0.364. The number of nitrogens with one attached hydrogen (secondary N) is 1. The summed E-state index contributed by atoms with van der Waals surface area (Å²) < 4.78 is 5.33. The molecule has 0 aliphatic rings. The first kappa shape index (κ1) is 19.7. The van der Waals surface area contributed by atoms with Crippen molar-refractivity contribution in [2.75, 3.05) is 5.32 Å². The van der Waals surface area contributed by atoms with Gasteiger partial charge in [-0.3, -0.25) is 9.59 Å². The van der Waals surface area contributed by atoms with E-state index >= 15 is 0 Å². The standard InChI is InChI=1S/C22H27NO3/c1-15(2)17-9-7-11-19(14-17)23-21(25)18-10-6-8-16(12-18)13-20(24)26-22(3,4)5/h6-12,14-15H,13H2,1-5H3,(H,23,25). The van der Waals surface area contributed by atoms with Gasteiger partial charge in [-0.2, -0.15) is 0 Å². The summed E-state index contributed by atoms with van der Waals surface area (Å²) in [5.41, 5.74) is 2.68. The lowest BCUT2D eigenvalue weighted by Gasteiger charge is -2.19. The number of hydrogen-bond donors (Lipinski definition) is 1. The molecule has 26 heavy (non-hydrogen) atoms. The molecular weight excluding hydrogens is 326 g/mol. The Hall–Kier alpha value is -2.62. The maximum absolute atomic E-state index is 12.5. The third-order valence-electron chi connectivity index (χ3n) is 3.77. The van der Waals surface area contributed by atoms with E-state index in [2.05, 4.69) is 19.2 Å². The summed E-state index contributed by atoms with van der Waals surface area (Å²) in [5.74, 6) is -0.111. The molecule has 0 bridgehead atoms. The van der Waals surface area contributed by atoms with Crippen molar-refractivity contribution in [1.29, 1.82) is 0 Å². The van der Waals surface area contributed by atoms with Gasteiger partial charge in [0.15, 0.2) is 0 Å². The molecule has 2 aromatic carbocycles. The highest BCUT2D eigenvalue weighted by Crippen LogP contribution is 2.19. The molecule has 1 amide bonds. The second-order valence-electron chi connectivity index (χ2n) is 7.70. The molecule has 0 radical (unpaired) electrons. The van der Waals surface area contributed by atoms with Gasteiger partial charge in [0.1, 0.15) is 5.60 Å². The average molecular weight is 353 g/mol. The Morgan fingerprint density at radius 3 is 2.38 bits per heavy atom. The first-order valence-electron chi connectivity index (χ1n) is 8.86. The summed E-state index contributed by atoms with van der Waals surface area (Å²) in [6.45, 7) is 9.72. The van der Waals surface area contributed by atoms with Crippen LogP contribution in [0.5, 0.6) is 0 Å². The van der Waals surface area contributed by atoms with E-state index < -0.39 is 5.60 Å². The number of carbonyl (C=O) groups excluding carboxylic acids is 2. The number of anilines is 1. The fourth-order valence-corrected chi connectivity index (χ4v) is 2.55. The van der Waals surface area contributed by atoms with Crippen molar-refractivity contribution in [3.8, 4) is 0 Å².